The zero-order valence-electron chi connectivity index (χ0n) is 7.79. The molecule has 0 aliphatic heterocycles. The van der Waals surface area contributed by atoms with Gasteiger partial charge in [-0.25, -0.2) is 0 Å². The van der Waals surface area contributed by atoms with Gasteiger partial charge in [-0.15, -0.1) is 0 Å². The second-order valence-corrected chi connectivity index (χ2v) is 3.22. The summed E-state index contributed by atoms with van der Waals surface area (Å²) < 4.78 is 0. The molecule has 0 saturated carbocycles. The van der Waals surface area contributed by atoms with E-state index in [1.807, 2.05) is 13.8 Å². The maximum atomic E-state index is 11.2. The van der Waals surface area contributed by atoms with Crippen LogP contribution < -0.4 is 11.1 Å². The van der Waals surface area contributed by atoms with Crippen molar-refractivity contribution in [3.63, 3.8) is 0 Å². The molecule has 0 bridgehead atoms. The number of nitrogens with one attached hydrogen (secondary N) is 2. The number of rotatable bonds is 2. The van der Waals surface area contributed by atoms with Crippen molar-refractivity contribution in [2.24, 2.45) is 5.92 Å². The Balaban J connectivity index is 2.65. The van der Waals surface area contributed by atoms with Crippen LogP contribution >= 0.6 is 0 Å². The van der Waals surface area contributed by atoms with Gasteiger partial charge in [-0.3, -0.25) is 4.79 Å². The van der Waals surface area contributed by atoms with Crippen LogP contribution in [0.25, 0.3) is 0 Å². The van der Waals surface area contributed by atoms with E-state index < -0.39 is 0 Å². The van der Waals surface area contributed by atoms with Gasteiger partial charge in [0.25, 0.3) is 0 Å². The van der Waals surface area contributed by atoms with Crippen molar-refractivity contribution in [3.05, 3.63) is 24.3 Å². The quantitative estimate of drug-likeness (QED) is 0.739. The zero-order chi connectivity index (χ0) is 9.84. The fraction of sp³-hybridized carbons (Fsp3) is 0.300. The molecule has 1 radical (unpaired) electrons. The number of carbonyl (C=O) groups excluding carboxylic acids is 1. The summed E-state index contributed by atoms with van der Waals surface area (Å²) in [4.78, 5) is 11.2. The highest BCUT2D eigenvalue weighted by atomic mass is 16.1. The molecule has 0 aliphatic carbocycles. The average Bonchev–Trinajstić information content (AvgIpc) is 2.08. The minimum atomic E-state index is -0.0179. The second kappa shape index (κ2) is 3.94. The molecule has 0 aromatic heterocycles. The van der Waals surface area contributed by atoms with Gasteiger partial charge >= 0.3 is 0 Å². The van der Waals surface area contributed by atoms with E-state index in [0.717, 1.165) is 5.69 Å². The van der Waals surface area contributed by atoms with E-state index in [9.17, 15) is 4.79 Å². The van der Waals surface area contributed by atoms with Crippen molar-refractivity contribution < 1.29 is 4.79 Å². The minimum Gasteiger partial charge on any atom is -0.326 e. The molecule has 0 aliphatic rings. The molecule has 3 nitrogen and oxygen atoms in total. The fourth-order valence-corrected chi connectivity index (χ4v) is 0.840. The molecule has 13 heavy (non-hydrogen) atoms. The largest absolute Gasteiger partial charge is 0.326 e. The number of anilines is 1. The monoisotopic (exact) mass is 177 g/mol. The van der Waals surface area contributed by atoms with Gasteiger partial charge in [-0.1, -0.05) is 13.8 Å². The lowest BCUT2D eigenvalue weighted by atomic mass is 10.2. The number of hydrogen-bond donors (Lipinski definition) is 1. The highest BCUT2D eigenvalue weighted by Crippen LogP contribution is 2.12. The predicted molar refractivity (Wildman–Crippen MR) is 52.7 cm³/mol. The van der Waals surface area contributed by atoms with E-state index in [2.05, 4.69) is 5.32 Å². The molecule has 0 unspecified atom stereocenters. The summed E-state index contributed by atoms with van der Waals surface area (Å²) in [5.41, 5.74) is 8.44. The normalized spacial score (nSPS) is 10.1. The first-order chi connectivity index (χ1) is 6.09. The maximum Gasteiger partial charge on any atom is 0.226 e. The lowest BCUT2D eigenvalue weighted by Gasteiger charge is -2.06. The van der Waals surface area contributed by atoms with Crippen molar-refractivity contribution in [1.82, 2.24) is 5.73 Å². The summed E-state index contributed by atoms with van der Waals surface area (Å²) in [6, 6.07) is 6.75. The number of amides is 1. The van der Waals surface area contributed by atoms with Crippen LogP contribution in [0, 0.1) is 5.92 Å². The van der Waals surface area contributed by atoms with Crippen LogP contribution in [0.5, 0.6) is 0 Å². The summed E-state index contributed by atoms with van der Waals surface area (Å²) in [5.74, 6) is -0.0200. The Hall–Kier alpha value is -1.51. The first-order valence-electron chi connectivity index (χ1n) is 4.22. The number of benzene rings is 1. The third-order valence-electron chi connectivity index (χ3n) is 1.68. The molecule has 1 aromatic carbocycles. The fourth-order valence-electron chi connectivity index (χ4n) is 0.840. The Kier molecular flexibility index (Phi) is 2.90. The summed E-state index contributed by atoms with van der Waals surface area (Å²) in [6.45, 7) is 3.68. The second-order valence-electron chi connectivity index (χ2n) is 3.22. The van der Waals surface area contributed by atoms with Crippen LogP contribution in [-0.2, 0) is 4.79 Å². The van der Waals surface area contributed by atoms with Crippen LogP contribution in [0.4, 0.5) is 11.4 Å². The highest BCUT2D eigenvalue weighted by Gasteiger charge is 2.05. The smallest absolute Gasteiger partial charge is 0.226 e. The van der Waals surface area contributed by atoms with Crippen LogP contribution in [-0.4, -0.2) is 5.91 Å². The van der Waals surface area contributed by atoms with E-state index in [1.165, 1.54) is 0 Å². The molecule has 0 spiro atoms. The van der Waals surface area contributed by atoms with Crippen LogP contribution in [0.2, 0.25) is 0 Å². The molecule has 0 heterocycles. The van der Waals surface area contributed by atoms with Crippen molar-refractivity contribution in [1.29, 1.82) is 0 Å². The van der Waals surface area contributed by atoms with Crippen molar-refractivity contribution >= 4 is 17.3 Å². The van der Waals surface area contributed by atoms with Gasteiger partial charge in [0.15, 0.2) is 0 Å². The minimum absolute atomic E-state index is 0.00210. The number of carbonyl (C=O) groups is 1. The Labute approximate surface area is 77.9 Å². The van der Waals surface area contributed by atoms with Gasteiger partial charge in [0, 0.05) is 11.6 Å². The predicted octanol–water partition coefficient (Wildman–Crippen LogP) is 2.20. The van der Waals surface area contributed by atoms with Gasteiger partial charge < -0.3 is 11.1 Å². The molecule has 2 N–H and O–H groups in total. The van der Waals surface area contributed by atoms with Gasteiger partial charge in [-0.05, 0) is 24.3 Å². The van der Waals surface area contributed by atoms with Crippen LogP contribution in [0.3, 0.4) is 0 Å². The lowest BCUT2D eigenvalue weighted by molar-refractivity contribution is -0.118. The van der Waals surface area contributed by atoms with Gasteiger partial charge in [0.05, 0.1) is 5.69 Å². The first-order valence-corrected chi connectivity index (χ1v) is 4.22. The summed E-state index contributed by atoms with van der Waals surface area (Å²) in [6.07, 6.45) is 0. The van der Waals surface area contributed by atoms with E-state index in [1.54, 1.807) is 24.3 Å². The SMILES string of the molecule is CC(C)C(=O)Nc1ccc([NH])cc1. The molecule has 0 fully saturated rings. The average molecular weight is 177 g/mol. The van der Waals surface area contributed by atoms with Gasteiger partial charge in [0.2, 0.25) is 5.91 Å². The molecule has 3 heteroatoms. The van der Waals surface area contributed by atoms with Crippen molar-refractivity contribution in [2.45, 2.75) is 13.8 Å². The molecule has 69 valence electrons. The van der Waals surface area contributed by atoms with Gasteiger partial charge in [-0.2, -0.15) is 0 Å². The molecular weight excluding hydrogens is 164 g/mol. The topological polar surface area (TPSA) is 52.9 Å². The Morgan fingerprint density at radius 3 is 2.31 bits per heavy atom. The van der Waals surface area contributed by atoms with E-state index in [0.29, 0.717) is 5.69 Å². The summed E-state index contributed by atoms with van der Waals surface area (Å²) >= 11 is 0. The summed E-state index contributed by atoms with van der Waals surface area (Å²) in [5, 5.41) is 2.75. The van der Waals surface area contributed by atoms with Crippen molar-refractivity contribution in [3.8, 4) is 0 Å². The number of hydrogen-bond acceptors (Lipinski definition) is 1. The zero-order valence-corrected chi connectivity index (χ0v) is 7.79. The van der Waals surface area contributed by atoms with Gasteiger partial charge in [0.1, 0.15) is 0 Å². The third-order valence-corrected chi connectivity index (χ3v) is 1.68. The third kappa shape index (κ3) is 2.78. The molecule has 0 saturated heterocycles. The van der Waals surface area contributed by atoms with E-state index in [-0.39, 0.29) is 11.8 Å². The van der Waals surface area contributed by atoms with E-state index >= 15 is 0 Å². The molecule has 1 rings (SSSR count). The van der Waals surface area contributed by atoms with Crippen molar-refractivity contribution in [2.75, 3.05) is 5.32 Å². The Morgan fingerprint density at radius 1 is 1.31 bits per heavy atom. The van der Waals surface area contributed by atoms with Crippen LogP contribution in [0.1, 0.15) is 13.8 Å². The Morgan fingerprint density at radius 2 is 1.85 bits per heavy atom. The summed E-state index contributed by atoms with van der Waals surface area (Å²) in [7, 11) is 0. The standard InChI is InChI=1S/C10H13N2O/c1-7(2)10(13)12-9-5-3-8(11)4-6-9/h3-7,11H,1-2H3,(H,12,13). The lowest BCUT2D eigenvalue weighted by Crippen LogP contribution is -2.17. The highest BCUT2D eigenvalue weighted by molar-refractivity contribution is 5.92. The molecular formula is C10H13N2O. The molecule has 1 amide bonds. The molecule has 0 atom stereocenters. The Bertz CT molecular complexity index is 290. The first kappa shape index (κ1) is 9.58. The molecule has 1 aromatic rings. The van der Waals surface area contributed by atoms with Crippen LogP contribution in [0.15, 0.2) is 24.3 Å². The maximum absolute atomic E-state index is 11.2. The van der Waals surface area contributed by atoms with E-state index in [4.69, 9.17) is 5.73 Å².